The van der Waals surface area contributed by atoms with E-state index < -0.39 is 17.9 Å². The molecule has 2 aromatic carbocycles. The molecule has 0 spiro atoms. The normalized spacial score (nSPS) is 11.2. The molecular formula is C24H28N2O6. The molecule has 0 aliphatic rings. The van der Waals surface area contributed by atoms with Crippen LogP contribution in [0.3, 0.4) is 0 Å². The zero-order chi connectivity index (χ0) is 23.3. The molecule has 0 aliphatic carbocycles. The van der Waals surface area contributed by atoms with E-state index in [1.54, 1.807) is 12.1 Å². The number of rotatable bonds is 12. The van der Waals surface area contributed by atoms with Gasteiger partial charge < -0.3 is 20.1 Å². The van der Waals surface area contributed by atoms with E-state index in [-0.39, 0.29) is 37.5 Å². The van der Waals surface area contributed by atoms with Crippen molar-refractivity contribution in [1.82, 2.24) is 10.6 Å². The fraction of sp³-hybridized carbons (Fsp3) is 0.333. The molecule has 0 fully saturated rings. The topological polar surface area (TPSA) is 111 Å². The summed E-state index contributed by atoms with van der Waals surface area (Å²) in [6.07, 6.45) is 0.182. The smallest absolute Gasteiger partial charge is 0.305 e. The number of benzene rings is 2. The van der Waals surface area contributed by atoms with Crippen molar-refractivity contribution in [2.45, 2.75) is 38.8 Å². The second kappa shape index (κ2) is 12.9. The molecule has 0 radical (unpaired) electrons. The molecule has 1 atom stereocenters. The Kier molecular flexibility index (Phi) is 9.90. The number of ketones is 1. The lowest BCUT2D eigenvalue weighted by Gasteiger charge is -2.18. The van der Waals surface area contributed by atoms with Gasteiger partial charge in [-0.25, -0.2) is 0 Å². The summed E-state index contributed by atoms with van der Waals surface area (Å²) in [6, 6.07) is 16.2. The fourth-order valence-electron chi connectivity index (χ4n) is 2.89. The average molecular weight is 440 g/mol. The highest BCUT2D eigenvalue weighted by Gasteiger charge is 2.20. The van der Waals surface area contributed by atoms with Crippen LogP contribution in [0.5, 0.6) is 5.75 Å². The average Bonchev–Trinajstić information content (AvgIpc) is 2.80. The van der Waals surface area contributed by atoms with E-state index >= 15 is 0 Å². The summed E-state index contributed by atoms with van der Waals surface area (Å²) in [4.78, 5) is 47.0. The Bertz CT molecular complexity index is 912. The van der Waals surface area contributed by atoms with Gasteiger partial charge in [0.25, 0.3) is 0 Å². The zero-order valence-corrected chi connectivity index (χ0v) is 18.3. The highest BCUT2D eigenvalue weighted by molar-refractivity contribution is 5.91. The summed E-state index contributed by atoms with van der Waals surface area (Å²) in [5.74, 6) is -0.933. The van der Waals surface area contributed by atoms with Gasteiger partial charge in [-0.15, -0.1) is 0 Å². The summed E-state index contributed by atoms with van der Waals surface area (Å²) in [5.41, 5.74) is 1.88. The molecule has 2 aromatic rings. The quantitative estimate of drug-likeness (QED) is 0.488. The molecule has 2 rings (SSSR count). The van der Waals surface area contributed by atoms with Crippen LogP contribution in [0.2, 0.25) is 0 Å². The van der Waals surface area contributed by atoms with Crippen LogP contribution in [0.1, 0.15) is 30.9 Å². The zero-order valence-electron chi connectivity index (χ0n) is 18.3. The van der Waals surface area contributed by atoms with Crippen molar-refractivity contribution >= 4 is 23.6 Å². The number of nitrogens with one attached hydrogen (secondary N) is 2. The molecule has 0 unspecified atom stereocenters. The van der Waals surface area contributed by atoms with E-state index in [4.69, 9.17) is 4.74 Å². The SMILES string of the molecule is COC(=O)CCC(=O)CNC(=O)[C@H](Cc1ccc(OCc2ccccc2)cc1)NC(C)=O. The third kappa shape index (κ3) is 8.99. The molecule has 0 saturated carbocycles. The number of carbonyl (C=O) groups excluding carboxylic acids is 4. The number of hydrogen-bond acceptors (Lipinski definition) is 6. The number of Topliss-reactive ketones (excluding diaryl/α,β-unsaturated/α-hetero) is 1. The van der Waals surface area contributed by atoms with Crippen molar-refractivity contribution in [2.24, 2.45) is 0 Å². The lowest BCUT2D eigenvalue weighted by atomic mass is 10.0. The summed E-state index contributed by atoms with van der Waals surface area (Å²) < 4.78 is 10.2. The number of methoxy groups -OCH3 is 1. The third-order valence-corrected chi connectivity index (χ3v) is 4.60. The Balaban J connectivity index is 1.88. The standard InChI is InChI=1S/C24H28N2O6/c1-17(27)26-22(24(30)25-15-20(28)10-13-23(29)31-2)14-18-8-11-21(12-9-18)32-16-19-6-4-3-5-7-19/h3-9,11-12,22H,10,13-16H2,1-2H3,(H,25,30)(H,26,27)/t22-/m0/s1. The van der Waals surface area contributed by atoms with E-state index in [2.05, 4.69) is 15.4 Å². The molecule has 32 heavy (non-hydrogen) atoms. The van der Waals surface area contributed by atoms with E-state index in [1.165, 1.54) is 14.0 Å². The Labute approximate surface area is 187 Å². The molecule has 0 saturated heterocycles. The van der Waals surface area contributed by atoms with Crippen LogP contribution in [0, 0.1) is 0 Å². The monoisotopic (exact) mass is 440 g/mol. The minimum absolute atomic E-state index is 0.0256. The predicted octanol–water partition coefficient (Wildman–Crippen LogP) is 1.95. The van der Waals surface area contributed by atoms with Crippen LogP contribution in [0.25, 0.3) is 0 Å². The van der Waals surface area contributed by atoms with Gasteiger partial charge in [-0.1, -0.05) is 42.5 Å². The Morgan fingerprint density at radius 3 is 2.22 bits per heavy atom. The van der Waals surface area contributed by atoms with Crippen LogP contribution < -0.4 is 15.4 Å². The highest BCUT2D eigenvalue weighted by atomic mass is 16.5. The number of esters is 1. The Morgan fingerprint density at radius 1 is 0.906 bits per heavy atom. The second-order valence-electron chi connectivity index (χ2n) is 7.21. The van der Waals surface area contributed by atoms with Crippen LogP contribution in [-0.2, 0) is 36.9 Å². The maximum absolute atomic E-state index is 12.5. The van der Waals surface area contributed by atoms with Crippen molar-refractivity contribution in [3.05, 3.63) is 65.7 Å². The van der Waals surface area contributed by atoms with Gasteiger partial charge >= 0.3 is 5.97 Å². The number of carbonyl (C=O) groups is 4. The lowest BCUT2D eigenvalue weighted by molar-refractivity contribution is -0.141. The second-order valence-corrected chi connectivity index (χ2v) is 7.21. The van der Waals surface area contributed by atoms with Gasteiger partial charge in [0.1, 0.15) is 18.4 Å². The molecule has 2 amide bonds. The minimum Gasteiger partial charge on any atom is -0.489 e. The largest absolute Gasteiger partial charge is 0.489 e. The van der Waals surface area contributed by atoms with Gasteiger partial charge in [0.05, 0.1) is 20.1 Å². The molecule has 8 heteroatoms. The van der Waals surface area contributed by atoms with Gasteiger partial charge in [-0.2, -0.15) is 0 Å². The summed E-state index contributed by atoms with van der Waals surface area (Å²) in [6.45, 7) is 1.54. The molecule has 8 nitrogen and oxygen atoms in total. The van der Waals surface area contributed by atoms with Crippen molar-refractivity contribution in [2.75, 3.05) is 13.7 Å². The first-order valence-corrected chi connectivity index (χ1v) is 10.3. The van der Waals surface area contributed by atoms with Crippen molar-refractivity contribution in [1.29, 1.82) is 0 Å². The van der Waals surface area contributed by atoms with Crippen LogP contribution >= 0.6 is 0 Å². The molecule has 0 heterocycles. The molecular weight excluding hydrogens is 412 g/mol. The maximum Gasteiger partial charge on any atom is 0.305 e. The Morgan fingerprint density at radius 2 is 1.59 bits per heavy atom. The van der Waals surface area contributed by atoms with Gasteiger partial charge in [-0.05, 0) is 23.3 Å². The van der Waals surface area contributed by atoms with Crippen molar-refractivity contribution in [3.63, 3.8) is 0 Å². The summed E-state index contributed by atoms with van der Waals surface area (Å²) in [5, 5.41) is 5.12. The molecule has 0 aliphatic heterocycles. The maximum atomic E-state index is 12.5. The van der Waals surface area contributed by atoms with E-state index in [0.717, 1.165) is 11.1 Å². The highest BCUT2D eigenvalue weighted by Crippen LogP contribution is 2.15. The number of amides is 2. The number of ether oxygens (including phenoxy) is 2. The van der Waals surface area contributed by atoms with E-state index in [1.807, 2.05) is 42.5 Å². The third-order valence-electron chi connectivity index (χ3n) is 4.60. The van der Waals surface area contributed by atoms with E-state index in [0.29, 0.717) is 12.4 Å². The van der Waals surface area contributed by atoms with Crippen molar-refractivity contribution < 1.29 is 28.7 Å². The molecule has 2 N–H and O–H groups in total. The first-order chi connectivity index (χ1) is 15.4. The Hall–Kier alpha value is -3.68. The summed E-state index contributed by atoms with van der Waals surface area (Å²) in [7, 11) is 1.24. The predicted molar refractivity (Wildman–Crippen MR) is 118 cm³/mol. The van der Waals surface area contributed by atoms with Gasteiger partial charge in [0, 0.05) is 19.8 Å². The van der Waals surface area contributed by atoms with E-state index in [9.17, 15) is 19.2 Å². The van der Waals surface area contributed by atoms with Gasteiger partial charge in [0.2, 0.25) is 11.8 Å². The van der Waals surface area contributed by atoms with Gasteiger partial charge in [0.15, 0.2) is 5.78 Å². The van der Waals surface area contributed by atoms with Crippen LogP contribution in [-0.4, -0.2) is 43.3 Å². The van der Waals surface area contributed by atoms with Crippen molar-refractivity contribution in [3.8, 4) is 5.75 Å². The first kappa shape index (κ1) is 24.6. The fourth-order valence-corrected chi connectivity index (χ4v) is 2.89. The summed E-state index contributed by atoms with van der Waals surface area (Å²) >= 11 is 0. The molecule has 0 aromatic heterocycles. The first-order valence-electron chi connectivity index (χ1n) is 10.3. The molecule has 170 valence electrons. The van der Waals surface area contributed by atoms with Crippen LogP contribution in [0.15, 0.2) is 54.6 Å². The minimum atomic E-state index is -0.836. The van der Waals surface area contributed by atoms with Gasteiger partial charge in [-0.3, -0.25) is 19.2 Å². The van der Waals surface area contributed by atoms with Crippen LogP contribution in [0.4, 0.5) is 0 Å². The molecule has 0 bridgehead atoms. The lowest BCUT2D eigenvalue weighted by Crippen LogP contribution is -2.48. The number of hydrogen-bond donors (Lipinski definition) is 2.